The number of nitrogens with one attached hydrogen (secondary N) is 1. The van der Waals surface area contributed by atoms with E-state index in [1.54, 1.807) is 6.07 Å². The standard InChI is InChI=1S/C14H16N4O4S/c1-2-3-8-13-16-17-14(23-13)15-12(19)9-22-11-7-5-4-6-10(11)18(20)21/h4-7H,2-3,8-9H2,1H3,(H,15,17,19). The van der Waals surface area contributed by atoms with Crippen LogP contribution < -0.4 is 10.1 Å². The molecule has 0 radical (unpaired) electrons. The Hall–Kier alpha value is -2.55. The van der Waals surface area contributed by atoms with E-state index in [0.717, 1.165) is 24.3 Å². The molecular weight excluding hydrogens is 320 g/mol. The van der Waals surface area contributed by atoms with E-state index in [4.69, 9.17) is 4.74 Å². The van der Waals surface area contributed by atoms with Crippen LogP contribution in [0.15, 0.2) is 24.3 Å². The number of ether oxygens (including phenoxy) is 1. The van der Waals surface area contributed by atoms with Gasteiger partial charge in [0.2, 0.25) is 5.13 Å². The van der Waals surface area contributed by atoms with Gasteiger partial charge < -0.3 is 4.74 Å². The summed E-state index contributed by atoms with van der Waals surface area (Å²) in [5, 5.41) is 22.6. The molecule has 0 bridgehead atoms. The van der Waals surface area contributed by atoms with Crippen molar-refractivity contribution in [3.8, 4) is 5.75 Å². The van der Waals surface area contributed by atoms with Crippen molar-refractivity contribution in [3.63, 3.8) is 0 Å². The van der Waals surface area contributed by atoms with Crippen molar-refractivity contribution >= 4 is 28.1 Å². The smallest absolute Gasteiger partial charge is 0.310 e. The first-order chi connectivity index (χ1) is 11.1. The zero-order valence-corrected chi connectivity index (χ0v) is 13.3. The van der Waals surface area contributed by atoms with Crippen LogP contribution in [-0.2, 0) is 11.2 Å². The first-order valence-electron chi connectivity index (χ1n) is 7.08. The number of benzene rings is 1. The minimum Gasteiger partial charge on any atom is -0.477 e. The van der Waals surface area contributed by atoms with Gasteiger partial charge in [-0.3, -0.25) is 20.2 Å². The quantitative estimate of drug-likeness (QED) is 0.586. The molecule has 1 aromatic carbocycles. The van der Waals surface area contributed by atoms with Gasteiger partial charge in [-0.1, -0.05) is 36.8 Å². The normalized spacial score (nSPS) is 10.3. The van der Waals surface area contributed by atoms with E-state index < -0.39 is 10.8 Å². The average molecular weight is 336 g/mol. The van der Waals surface area contributed by atoms with Gasteiger partial charge in [-0.15, -0.1) is 10.2 Å². The average Bonchev–Trinajstić information content (AvgIpc) is 2.98. The van der Waals surface area contributed by atoms with Crippen molar-refractivity contribution in [1.29, 1.82) is 0 Å². The van der Waals surface area contributed by atoms with Crippen LogP contribution in [0.5, 0.6) is 5.75 Å². The molecule has 122 valence electrons. The number of aromatic nitrogens is 2. The zero-order chi connectivity index (χ0) is 16.7. The Bertz CT molecular complexity index is 689. The number of nitro groups is 1. The van der Waals surface area contributed by atoms with Crippen molar-refractivity contribution in [2.45, 2.75) is 26.2 Å². The molecule has 9 heteroatoms. The summed E-state index contributed by atoms with van der Waals surface area (Å²) in [6.45, 7) is 1.75. The Morgan fingerprint density at radius 3 is 2.91 bits per heavy atom. The molecule has 0 atom stereocenters. The largest absolute Gasteiger partial charge is 0.477 e. The minimum atomic E-state index is -0.558. The summed E-state index contributed by atoms with van der Waals surface area (Å²) < 4.78 is 5.21. The van der Waals surface area contributed by atoms with Gasteiger partial charge in [0.1, 0.15) is 5.01 Å². The number of carbonyl (C=O) groups is 1. The summed E-state index contributed by atoms with van der Waals surface area (Å²) in [5.41, 5.74) is -0.182. The van der Waals surface area contributed by atoms with E-state index in [9.17, 15) is 14.9 Å². The predicted molar refractivity (Wildman–Crippen MR) is 85.7 cm³/mol. The Balaban J connectivity index is 1.88. The van der Waals surface area contributed by atoms with Crippen LogP contribution in [0.1, 0.15) is 24.8 Å². The molecule has 2 rings (SSSR count). The molecule has 0 spiro atoms. The lowest BCUT2D eigenvalue weighted by atomic mass is 10.3. The second-order valence-corrected chi connectivity index (χ2v) is 5.73. The number of rotatable bonds is 8. The van der Waals surface area contributed by atoms with Gasteiger partial charge in [0.15, 0.2) is 12.4 Å². The number of nitro benzene ring substituents is 1. The monoisotopic (exact) mass is 336 g/mol. The number of unbranched alkanes of at least 4 members (excludes halogenated alkanes) is 1. The third-order valence-corrected chi connectivity index (χ3v) is 3.78. The molecule has 0 saturated heterocycles. The van der Waals surface area contributed by atoms with E-state index in [-0.39, 0.29) is 18.0 Å². The van der Waals surface area contributed by atoms with Crippen LogP contribution in [0.3, 0.4) is 0 Å². The predicted octanol–water partition coefficient (Wildman–Crippen LogP) is 2.81. The first kappa shape index (κ1) is 16.8. The fourth-order valence-electron chi connectivity index (χ4n) is 1.76. The molecule has 0 unspecified atom stereocenters. The van der Waals surface area contributed by atoms with Gasteiger partial charge in [-0.25, -0.2) is 0 Å². The highest BCUT2D eigenvalue weighted by atomic mass is 32.1. The Morgan fingerprint density at radius 2 is 2.17 bits per heavy atom. The van der Waals surface area contributed by atoms with Crippen LogP contribution >= 0.6 is 11.3 Å². The number of amides is 1. The Labute approximate surface area is 136 Å². The van der Waals surface area contributed by atoms with Crippen molar-refractivity contribution in [2.24, 2.45) is 0 Å². The van der Waals surface area contributed by atoms with Crippen LogP contribution in [0.2, 0.25) is 0 Å². The van der Waals surface area contributed by atoms with Gasteiger partial charge in [-0.05, 0) is 12.5 Å². The fraction of sp³-hybridized carbons (Fsp3) is 0.357. The summed E-state index contributed by atoms with van der Waals surface area (Å²) in [7, 11) is 0. The van der Waals surface area contributed by atoms with Crippen LogP contribution in [0.4, 0.5) is 10.8 Å². The SMILES string of the molecule is CCCCc1nnc(NC(=O)COc2ccccc2[N+](=O)[O-])s1. The molecule has 1 heterocycles. The molecular formula is C14H16N4O4S. The van der Waals surface area contributed by atoms with Crippen LogP contribution in [-0.4, -0.2) is 27.6 Å². The maximum Gasteiger partial charge on any atom is 0.310 e. The second kappa shape index (κ2) is 8.18. The van der Waals surface area contributed by atoms with Gasteiger partial charge >= 0.3 is 5.69 Å². The Kier molecular flexibility index (Phi) is 5.98. The van der Waals surface area contributed by atoms with Crippen LogP contribution in [0.25, 0.3) is 0 Å². The molecule has 1 N–H and O–H groups in total. The van der Waals surface area contributed by atoms with Gasteiger partial charge in [0.05, 0.1) is 4.92 Å². The maximum absolute atomic E-state index is 11.8. The van der Waals surface area contributed by atoms with E-state index in [2.05, 4.69) is 22.4 Å². The lowest BCUT2D eigenvalue weighted by molar-refractivity contribution is -0.385. The number of aryl methyl sites for hydroxylation is 1. The number of hydrogen-bond acceptors (Lipinski definition) is 7. The molecule has 1 aromatic heterocycles. The summed E-state index contributed by atoms with van der Waals surface area (Å²) in [6, 6.07) is 5.90. The lowest BCUT2D eigenvalue weighted by Gasteiger charge is -2.05. The minimum absolute atomic E-state index is 0.0496. The summed E-state index contributed by atoms with van der Waals surface area (Å²) in [6.07, 6.45) is 2.91. The molecule has 0 saturated carbocycles. The number of hydrogen-bond donors (Lipinski definition) is 1. The number of para-hydroxylation sites is 2. The van der Waals surface area contributed by atoms with Gasteiger partial charge in [0.25, 0.3) is 5.91 Å². The lowest BCUT2D eigenvalue weighted by Crippen LogP contribution is -2.20. The zero-order valence-electron chi connectivity index (χ0n) is 12.5. The van der Waals surface area contributed by atoms with Gasteiger partial charge in [0, 0.05) is 12.5 Å². The van der Waals surface area contributed by atoms with E-state index in [1.807, 2.05) is 0 Å². The van der Waals surface area contributed by atoms with Crippen molar-refractivity contribution in [2.75, 3.05) is 11.9 Å². The maximum atomic E-state index is 11.8. The third-order valence-electron chi connectivity index (χ3n) is 2.88. The number of nitrogens with zero attached hydrogens (tertiary/aromatic N) is 3. The molecule has 0 aliphatic rings. The molecule has 0 fully saturated rings. The fourth-order valence-corrected chi connectivity index (χ4v) is 2.56. The number of anilines is 1. The topological polar surface area (TPSA) is 107 Å². The molecule has 0 aliphatic heterocycles. The summed E-state index contributed by atoms with van der Waals surface area (Å²) in [4.78, 5) is 22.1. The summed E-state index contributed by atoms with van der Waals surface area (Å²) >= 11 is 1.31. The third kappa shape index (κ3) is 4.99. The van der Waals surface area contributed by atoms with E-state index >= 15 is 0 Å². The Morgan fingerprint density at radius 1 is 1.39 bits per heavy atom. The highest BCUT2D eigenvalue weighted by Gasteiger charge is 2.15. The van der Waals surface area contributed by atoms with E-state index in [1.165, 1.54) is 29.5 Å². The van der Waals surface area contributed by atoms with Crippen molar-refractivity contribution in [1.82, 2.24) is 10.2 Å². The van der Waals surface area contributed by atoms with Crippen molar-refractivity contribution in [3.05, 3.63) is 39.4 Å². The number of carbonyl (C=O) groups excluding carboxylic acids is 1. The first-order valence-corrected chi connectivity index (χ1v) is 7.90. The van der Waals surface area contributed by atoms with Crippen LogP contribution in [0, 0.1) is 10.1 Å². The molecule has 23 heavy (non-hydrogen) atoms. The van der Waals surface area contributed by atoms with E-state index in [0.29, 0.717) is 5.13 Å². The molecule has 8 nitrogen and oxygen atoms in total. The highest BCUT2D eigenvalue weighted by Crippen LogP contribution is 2.25. The van der Waals surface area contributed by atoms with Crippen molar-refractivity contribution < 1.29 is 14.5 Å². The second-order valence-electron chi connectivity index (χ2n) is 4.67. The molecule has 1 amide bonds. The highest BCUT2D eigenvalue weighted by molar-refractivity contribution is 7.15. The molecule has 0 aliphatic carbocycles. The summed E-state index contributed by atoms with van der Waals surface area (Å²) in [5.74, 6) is -0.394. The van der Waals surface area contributed by atoms with Gasteiger partial charge in [-0.2, -0.15) is 0 Å². The molecule has 2 aromatic rings.